The summed E-state index contributed by atoms with van der Waals surface area (Å²) < 4.78 is 13.2. The molecule has 0 unspecified atom stereocenters. The fourth-order valence-corrected chi connectivity index (χ4v) is 6.19. The maximum Gasteiger partial charge on any atom is 0.225 e. The lowest BCUT2D eigenvalue weighted by Gasteiger charge is -2.39. The Hall–Kier alpha value is -4.04. The lowest BCUT2D eigenvalue weighted by atomic mass is 9.95. The molecule has 1 aromatic heterocycles. The molecule has 3 aromatic carbocycles. The summed E-state index contributed by atoms with van der Waals surface area (Å²) in [6, 6.07) is 24.7. The van der Waals surface area contributed by atoms with Crippen LogP contribution in [0.25, 0.3) is 11.0 Å². The van der Waals surface area contributed by atoms with Crippen LogP contribution in [0.5, 0.6) is 11.5 Å². The standard InChI is InChI=1S/C33H39N5O3/c1-40-27-13-11-25(12-14-27)23-38-29-8-4-3-7-28(29)34-32(38)24-35-17-15-26(16-18-35)33(39)37-21-19-36(20-22-37)30-9-5-6-10-31(30)41-2/h3-14,26H,15-24H2,1-2H3. The predicted octanol–water partition coefficient (Wildman–Crippen LogP) is 4.66. The van der Waals surface area contributed by atoms with Crippen molar-refractivity contribution in [1.29, 1.82) is 0 Å². The monoisotopic (exact) mass is 553 g/mol. The molecule has 0 N–H and O–H groups in total. The number of methoxy groups -OCH3 is 2. The number of anilines is 1. The van der Waals surface area contributed by atoms with E-state index in [1.54, 1.807) is 14.2 Å². The number of fused-ring (bicyclic) bond motifs is 1. The van der Waals surface area contributed by atoms with Crippen LogP contribution in [0.1, 0.15) is 24.2 Å². The number of hydrogen-bond donors (Lipinski definition) is 0. The fourth-order valence-electron chi connectivity index (χ4n) is 6.19. The van der Waals surface area contributed by atoms with E-state index in [0.29, 0.717) is 5.91 Å². The molecule has 0 spiro atoms. The number of carbonyl (C=O) groups is 1. The molecule has 2 aliphatic heterocycles. The number of imidazole rings is 1. The number of aromatic nitrogens is 2. The topological polar surface area (TPSA) is 63.1 Å². The van der Waals surface area contributed by atoms with Crippen LogP contribution in [0.3, 0.4) is 0 Å². The summed E-state index contributed by atoms with van der Waals surface area (Å²) in [6.45, 7) is 6.52. The molecule has 2 fully saturated rings. The van der Waals surface area contributed by atoms with Gasteiger partial charge in [-0.3, -0.25) is 9.69 Å². The smallest absolute Gasteiger partial charge is 0.225 e. The Bertz CT molecular complexity index is 1470. The SMILES string of the molecule is COc1ccc(Cn2c(CN3CCC(C(=O)N4CCN(c5ccccc5OC)CC4)CC3)nc3ccccc32)cc1. The van der Waals surface area contributed by atoms with Gasteiger partial charge in [-0.1, -0.05) is 36.4 Å². The molecule has 6 rings (SSSR count). The molecule has 0 saturated carbocycles. The Morgan fingerprint density at radius 2 is 1.51 bits per heavy atom. The molecule has 41 heavy (non-hydrogen) atoms. The highest BCUT2D eigenvalue weighted by Gasteiger charge is 2.31. The van der Waals surface area contributed by atoms with Gasteiger partial charge in [0.15, 0.2) is 0 Å². The Morgan fingerprint density at radius 3 is 2.24 bits per heavy atom. The molecular formula is C33H39N5O3. The van der Waals surface area contributed by atoms with Crippen molar-refractivity contribution in [3.05, 3.63) is 84.2 Å². The van der Waals surface area contributed by atoms with Crippen molar-refractivity contribution in [3.63, 3.8) is 0 Å². The van der Waals surface area contributed by atoms with Crippen LogP contribution in [-0.2, 0) is 17.9 Å². The van der Waals surface area contributed by atoms with Gasteiger partial charge >= 0.3 is 0 Å². The summed E-state index contributed by atoms with van der Waals surface area (Å²) in [4.78, 5) is 25.3. The number of piperidine rings is 1. The second-order valence-corrected chi connectivity index (χ2v) is 11.0. The third-order valence-electron chi connectivity index (χ3n) is 8.55. The number of amides is 1. The normalized spacial score (nSPS) is 16.7. The summed E-state index contributed by atoms with van der Waals surface area (Å²) in [6.07, 6.45) is 1.79. The van der Waals surface area contributed by atoms with Gasteiger partial charge in [-0.2, -0.15) is 0 Å². The first kappa shape index (κ1) is 27.1. The average molecular weight is 554 g/mol. The van der Waals surface area contributed by atoms with Crippen molar-refractivity contribution >= 4 is 22.6 Å². The first-order chi connectivity index (χ1) is 20.1. The minimum Gasteiger partial charge on any atom is -0.497 e. The largest absolute Gasteiger partial charge is 0.497 e. The number of benzene rings is 3. The highest BCUT2D eigenvalue weighted by Crippen LogP contribution is 2.29. The Labute approximate surface area is 242 Å². The van der Waals surface area contributed by atoms with Crippen LogP contribution in [-0.4, -0.2) is 78.7 Å². The van der Waals surface area contributed by atoms with E-state index in [1.165, 1.54) is 5.56 Å². The Morgan fingerprint density at radius 1 is 0.805 bits per heavy atom. The molecule has 4 aromatic rings. The summed E-state index contributed by atoms with van der Waals surface area (Å²) in [7, 11) is 3.40. The first-order valence-corrected chi connectivity index (χ1v) is 14.6. The van der Waals surface area contributed by atoms with Crippen molar-refractivity contribution in [2.75, 3.05) is 58.4 Å². The number of likely N-dealkylation sites (tertiary alicyclic amines) is 1. The zero-order valence-corrected chi connectivity index (χ0v) is 24.0. The zero-order valence-electron chi connectivity index (χ0n) is 24.0. The molecule has 8 nitrogen and oxygen atoms in total. The number of para-hydroxylation sites is 4. The quantitative estimate of drug-likeness (QED) is 0.316. The van der Waals surface area contributed by atoms with Gasteiger partial charge in [-0.05, 0) is 67.9 Å². The zero-order chi connectivity index (χ0) is 28.2. The number of carbonyl (C=O) groups excluding carboxylic acids is 1. The van der Waals surface area contributed by atoms with Crippen molar-refractivity contribution in [2.24, 2.45) is 5.92 Å². The van der Waals surface area contributed by atoms with E-state index in [2.05, 4.69) is 55.7 Å². The highest BCUT2D eigenvalue weighted by atomic mass is 16.5. The van der Waals surface area contributed by atoms with E-state index in [1.807, 2.05) is 36.4 Å². The van der Waals surface area contributed by atoms with E-state index >= 15 is 0 Å². The molecule has 0 aliphatic carbocycles. The maximum atomic E-state index is 13.4. The number of piperazine rings is 1. The molecule has 214 valence electrons. The van der Waals surface area contributed by atoms with Gasteiger partial charge in [0, 0.05) is 38.6 Å². The van der Waals surface area contributed by atoms with Crippen LogP contribution in [0.4, 0.5) is 5.69 Å². The molecule has 2 saturated heterocycles. The molecule has 0 radical (unpaired) electrons. The van der Waals surface area contributed by atoms with Gasteiger partial charge in [-0.25, -0.2) is 4.98 Å². The minimum atomic E-state index is 0.0992. The summed E-state index contributed by atoms with van der Waals surface area (Å²) in [5, 5.41) is 0. The van der Waals surface area contributed by atoms with E-state index < -0.39 is 0 Å². The van der Waals surface area contributed by atoms with Crippen LogP contribution >= 0.6 is 0 Å². The number of rotatable bonds is 8. The summed E-state index contributed by atoms with van der Waals surface area (Å²) >= 11 is 0. The molecule has 2 aliphatic rings. The summed E-state index contributed by atoms with van der Waals surface area (Å²) in [5.74, 6) is 3.23. The van der Waals surface area contributed by atoms with E-state index in [9.17, 15) is 4.79 Å². The van der Waals surface area contributed by atoms with Gasteiger partial charge in [0.25, 0.3) is 0 Å². The number of hydrogen-bond acceptors (Lipinski definition) is 6. The van der Waals surface area contributed by atoms with Crippen LogP contribution in [0, 0.1) is 5.92 Å². The highest BCUT2D eigenvalue weighted by molar-refractivity contribution is 5.79. The van der Waals surface area contributed by atoms with E-state index in [0.717, 1.165) is 99.2 Å². The van der Waals surface area contributed by atoms with Crippen molar-refractivity contribution in [1.82, 2.24) is 19.4 Å². The molecule has 8 heteroatoms. The molecule has 0 bridgehead atoms. The maximum absolute atomic E-state index is 13.4. The van der Waals surface area contributed by atoms with Gasteiger partial charge < -0.3 is 23.8 Å². The Kier molecular flexibility index (Phi) is 8.09. The van der Waals surface area contributed by atoms with Crippen molar-refractivity contribution < 1.29 is 14.3 Å². The molecule has 3 heterocycles. The van der Waals surface area contributed by atoms with Crippen LogP contribution < -0.4 is 14.4 Å². The van der Waals surface area contributed by atoms with Crippen LogP contribution in [0.15, 0.2) is 72.8 Å². The van der Waals surface area contributed by atoms with Gasteiger partial charge in [0.1, 0.15) is 17.3 Å². The van der Waals surface area contributed by atoms with Crippen molar-refractivity contribution in [3.8, 4) is 11.5 Å². The van der Waals surface area contributed by atoms with E-state index in [4.69, 9.17) is 14.5 Å². The second-order valence-electron chi connectivity index (χ2n) is 11.0. The first-order valence-electron chi connectivity index (χ1n) is 14.6. The molecule has 0 atom stereocenters. The van der Waals surface area contributed by atoms with Gasteiger partial charge in [-0.15, -0.1) is 0 Å². The fraction of sp³-hybridized carbons (Fsp3) is 0.394. The minimum absolute atomic E-state index is 0.0992. The third kappa shape index (κ3) is 5.88. The average Bonchev–Trinajstić information content (AvgIpc) is 3.37. The van der Waals surface area contributed by atoms with E-state index in [-0.39, 0.29) is 5.92 Å². The predicted molar refractivity (Wildman–Crippen MR) is 162 cm³/mol. The van der Waals surface area contributed by atoms with Crippen LogP contribution in [0.2, 0.25) is 0 Å². The lowest BCUT2D eigenvalue weighted by molar-refractivity contribution is -0.137. The third-order valence-corrected chi connectivity index (χ3v) is 8.55. The number of nitrogens with zero attached hydrogens (tertiary/aromatic N) is 5. The lowest BCUT2D eigenvalue weighted by Crippen LogP contribution is -2.51. The number of ether oxygens (including phenoxy) is 2. The van der Waals surface area contributed by atoms with Gasteiger partial charge in [0.05, 0.1) is 37.5 Å². The molecular weight excluding hydrogens is 514 g/mol. The summed E-state index contributed by atoms with van der Waals surface area (Å²) in [5.41, 5.74) is 4.49. The Balaban J connectivity index is 1.06. The van der Waals surface area contributed by atoms with Crippen molar-refractivity contribution in [2.45, 2.75) is 25.9 Å². The second kappa shape index (κ2) is 12.2. The van der Waals surface area contributed by atoms with Gasteiger partial charge in [0.2, 0.25) is 5.91 Å². The molecule has 1 amide bonds.